The Kier molecular flexibility index (Phi) is 7.34. The Morgan fingerprint density at radius 3 is 2.26 bits per heavy atom. The van der Waals surface area contributed by atoms with Crippen molar-refractivity contribution in [2.45, 2.75) is 18.4 Å². The standard InChI is InChI=1S/C25H28N6O3S/c1-17-23(25-30-29-24(34-25)20-7-5-18(6-8-20)15-26-2)28-22(16-27-17)19-9-11-21(12-10-19)35(32,33)14-13-31(3)4/h5-12,16,26H,13-15H2,1-4H3. The molecular formula is C25H28N6O3S. The number of nitrogens with zero attached hydrogens (tertiary/aromatic N) is 5. The first kappa shape index (κ1) is 24.6. The molecule has 0 amide bonds. The van der Waals surface area contributed by atoms with Crippen molar-refractivity contribution < 1.29 is 12.8 Å². The highest BCUT2D eigenvalue weighted by molar-refractivity contribution is 7.91. The summed E-state index contributed by atoms with van der Waals surface area (Å²) in [6.45, 7) is 3.06. The van der Waals surface area contributed by atoms with Gasteiger partial charge in [0.05, 0.1) is 28.2 Å². The lowest BCUT2D eigenvalue weighted by molar-refractivity contribution is 0.432. The zero-order valence-corrected chi connectivity index (χ0v) is 21.0. The molecule has 0 aliphatic heterocycles. The van der Waals surface area contributed by atoms with E-state index >= 15 is 0 Å². The molecule has 0 saturated carbocycles. The van der Waals surface area contributed by atoms with E-state index in [0.29, 0.717) is 29.5 Å². The largest absolute Gasteiger partial charge is 0.415 e. The van der Waals surface area contributed by atoms with E-state index in [2.05, 4.69) is 25.5 Å². The third-order valence-electron chi connectivity index (χ3n) is 5.48. The topological polar surface area (TPSA) is 114 Å². The molecule has 0 saturated heterocycles. The molecule has 0 spiro atoms. The zero-order valence-electron chi connectivity index (χ0n) is 20.2. The van der Waals surface area contributed by atoms with Crippen LogP contribution in [-0.2, 0) is 16.4 Å². The van der Waals surface area contributed by atoms with Crippen molar-refractivity contribution >= 4 is 9.84 Å². The van der Waals surface area contributed by atoms with Crippen LogP contribution in [0.5, 0.6) is 0 Å². The normalized spacial score (nSPS) is 11.8. The number of benzene rings is 2. The van der Waals surface area contributed by atoms with Gasteiger partial charge in [-0.3, -0.25) is 4.98 Å². The van der Waals surface area contributed by atoms with E-state index in [-0.39, 0.29) is 16.5 Å². The van der Waals surface area contributed by atoms with Crippen molar-refractivity contribution in [3.8, 4) is 34.3 Å². The first-order valence-corrected chi connectivity index (χ1v) is 12.8. The second-order valence-corrected chi connectivity index (χ2v) is 10.6. The third-order valence-corrected chi connectivity index (χ3v) is 7.19. The number of sulfone groups is 1. The molecule has 2 aromatic heterocycles. The van der Waals surface area contributed by atoms with Crippen molar-refractivity contribution in [3.05, 3.63) is 66.0 Å². The number of hydrogen-bond donors (Lipinski definition) is 1. The average molecular weight is 493 g/mol. The second kappa shape index (κ2) is 10.4. The van der Waals surface area contributed by atoms with Gasteiger partial charge in [0, 0.05) is 24.2 Å². The van der Waals surface area contributed by atoms with Crippen LogP contribution in [0.2, 0.25) is 0 Å². The minimum Gasteiger partial charge on any atom is -0.415 e. The van der Waals surface area contributed by atoms with Crippen LogP contribution in [0.3, 0.4) is 0 Å². The molecule has 4 rings (SSSR count). The molecule has 0 atom stereocenters. The van der Waals surface area contributed by atoms with Crippen LogP contribution in [0.15, 0.2) is 64.0 Å². The molecule has 2 heterocycles. The van der Waals surface area contributed by atoms with Crippen LogP contribution in [-0.4, -0.2) is 66.9 Å². The summed E-state index contributed by atoms with van der Waals surface area (Å²) in [5.74, 6) is 0.731. The monoisotopic (exact) mass is 492 g/mol. The molecule has 4 aromatic rings. The summed E-state index contributed by atoms with van der Waals surface area (Å²) < 4.78 is 31.0. The van der Waals surface area contributed by atoms with Crippen molar-refractivity contribution in [2.24, 2.45) is 0 Å². The van der Waals surface area contributed by atoms with Gasteiger partial charge in [0.1, 0.15) is 5.69 Å². The smallest absolute Gasteiger partial charge is 0.268 e. The van der Waals surface area contributed by atoms with Gasteiger partial charge in [0.25, 0.3) is 5.89 Å². The van der Waals surface area contributed by atoms with Crippen molar-refractivity contribution in [1.29, 1.82) is 0 Å². The fourth-order valence-corrected chi connectivity index (χ4v) is 4.84. The molecular weight excluding hydrogens is 464 g/mol. The predicted octanol–water partition coefficient (Wildman–Crippen LogP) is 3.22. The van der Waals surface area contributed by atoms with Crippen LogP contribution in [0.1, 0.15) is 11.3 Å². The molecule has 0 bridgehead atoms. The minimum atomic E-state index is -3.36. The summed E-state index contributed by atoms with van der Waals surface area (Å²) in [5, 5.41) is 11.5. The molecule has 35 heavy (non-hydrogen) atoms. The number of hydrogen-bond acceptors (Lipinski definition) is 9. The summed E-state index contributed by atoms with van der Waals surface area (Å²) in [7, 11) is 2.24. The first-order chi connectivity index (χ1) is 16.8. The average Bonchev–Trinajstić information content (AvgIpc) is 3.34. The van der Waals surface area contributed by atoms with Gasteiger partial charge >= 0.3 is 0 Å². The van der Waals surface area contributed by atoms with Gasteiger partial charge in [-0.15, -0.1) is 10.2 Å². The Labute approximate surface area is 205 Å². The van der Waals surface area contributed by atoms with Crippen molar-refractivity contribution in [1.82, 2.24) is 30.4 Å². The van der Waals surface area contributed by atoms with Crippen molar-refractivity contribution in [3.63, 3.8) is 0 Å². The summed E-state index contributed by atoms with van der Waals surface area (Å²) in [6.07, 6.45) is 1.64. The van der Waals surface area contributed by atoms with E-state index in [1.165, 1.54) is 0 Å². The Morgan fingerprint density at radius 2 is 1.60 bits per heavy atom. The highest BCUT2D eigenvalue weighted by Gasteiger charge is 2.18. The number of nitrogens with one attached hydrogen (secondary N) is 1. The predicted molar refractivity (Wildman–Crippen MR) is 134 cm³/mol. The Balaban J connectivity index is 1.58. The molecule has 182 valence electrons. The van der Waals surface area contributed by atoms with Crippen LogP contribution < -0.4 is 5.32 Å². The van der Waals surface area contributed by atoms with Gasteiger partial charge in [-0.05, 0) is 57.9 Å². The summed E-state index contributed by atoms with van der Waals surface area (Å²) in [4.78, 5) is 11.3. The highest BCUT2D eigenvalue weighted by atomic mass is 32.2. The van der Waals surface area contributed by atoms with E-state index < -0.39 is 9.84 Å². The number of aryl methyl sites for hydroxylation is 1. The van der Waals surface area contributed by atoms with E-state index in [1.807, 2.05) is 57.2 Å². The molecule has 10 heteroatoms. The zero-order chi connectivity index (χ0) is 25.0. The van der Waals surface area contributed by atoms with Crippen LogP contribution in [0, 0.1) is 6.92 Å². The Hall–Kier alpha value is -3.47. The van der Waals surface area contributed by atoms with Crippen LogP contribution in [0.25, 0.3) is 34.3 Å². The number of rotatable bonds is 9. The maximum atomic E-state index is 12.6. The summed E-state index contributed by atoms with van der Waals surface area (Å²) in [5.41, 5.74) is 4.43. The number of aromatic nitrogens is 4. The fraction of sp³-hybridized carbons (Fsp3) is 0.280. The van der Waals surface area contributed by atoms with Gasteiger partial charge < -0.3 is 14.6 Å². The highest BCUT2D eigenvalue weighted by Crippen LogP contribution is 2.27. The Bertz CT molecular complexity index is 1400. The molecule has 0 unspecified atom stereocenters. The SMILES string of the molecule is CNCc1ccc(-c2nnc(-c3nc(-c4ccc(S(=O)(=O)CCN(C)C)cc4)cnc3C)o2)cc1. The van der Waals surface area contributed by atoms with E-state index in [4.69, 9.17) is 4.42 Å². The first-order valence-electron chi connectivity index (χ1n) is 11.2. The van der Waals surface area contributed by atoms with E-state index in [1.54, 1.807) is 30.5 Å². The van der Waals surface area contributed by atoms with Gasteiger partial charge in [-0.25, -0.2) is 13.4 Å². The van der Waals surface area contributed by atoms with Crippen LogP contribution >= 0.6 is 0 Å². The fourth-order valence-electron chi connectivity index (χ4n) is 3.45. The lowest BCUT2D eigenvalue weighted by Crippen LogP contribution is -2.21. The van der Waals surface area contributed by atoms with Crippen LogP contribution in [0.4, 0.5) is 0 Å². The maximum Gasteiger partial charge on any atom is 0.268 e. The minimum absolute atomic E-state index is 0.0611. The summed E-state index contributed by atoms with van der Waals surface area (Å²) >= 11 is 0. The lowest BCUT2D eigenvalue weighted by atomic mass is 10.1. The maximum absolute atomic E-state index is 12.6. The Morgan fingerprint density at radius 1 is 0.943 bits per heavy atom. The molecule has 0 radical (unpaired) electrons. The van der Waals surface area contributed by atoms with Gasteiger partial charge in [0.15, 0.2) is 9.84 Å². The lowest BCUT2D eigenvalue weighted by Gasteiger charge is -2.10. The van der Waals surface area contributed by atoms with Gasteiger partial charge in [-0.2, -0.15) is 0 Å². The quantitative estimate of drug-likeness (QED) is 0.376. The summed E-state index contributed by atoms with van der Waals surface area (Å²) in [6, 6.07) is 14.6. The molecule has 0 aliphatic carbocycles. The molecule has 0 aliphatic rings. The molecule has 0 fully saturated rings. The third kappa shape index (κ3) is 5.79. The molecule has 1 N–H and O–H groups in total. The molecule has 9 nitrogen and oxygen atoms in total. The van der Waals surface area contributed by atoms with E-state index in [0.717, 1.165) is 23.2 Å². The van der Waals surface area contributed by atoms with Gasteiger partial charge in [0.2, 0.25) is 5.89 Å². The van der Waals surface area contributed by atoms with Gasteiger partial charge in [-0.1, -0.05) is 24.3 Å². The second-order valence-electron chi connectivity index (χ2n) is 8.48. The van der Waals surface area contributed by atoms with E-state index in [9.17, 15) is 8.42 Å². The van der Waals surface area contributed by atoms with Crippen molar-refractivity contribution in [2.75, 3.05) is 33.4 Å². The molecule has 2 aromatic carbocycles.